The molecule has 0 radical (unpaired) electrons. The number of rotatable bonds is 8. The van der Waals surface area contributed by atoms with Gasteiger partial charge in [-0.25, -0.2) is 5.48 Å². The summed E-state index contributed by atoms with van der Waals surface area (Å²) < 4.78 is 0. The maximum Gasteiger partial charge on any atom is 0.244 e. The predicted octanol–water partition coefficient (Wildman–Crippen LogP) is 1.35. The summed E-state index contributed by atoms with van der Waals surface area (Å²) in [5, 5.41) is 11.8. The van der Waals surface area contributed by atoms with Crippen molar-refractivity contribution in [3.05, 3.63) is 0 Å². The third kappa shape index (κ3) is 4.32. The van der Waals surface area contributed by atoms with Gasteiger partial charge in [0.05, 0.1) is 0 Å². The molecular weight excluding hydrogens is 322 g/mol. The van der Waals surface area contributed by atoms with Crippen molar-refractivity contribution in [1.82, 2.24) is 15.7 Å². The second-order valence-corrected chi connectivity index (χ2v) is 8.05. The van der Waals surface area contributed by atoms with Gasteiger partial charge >= 0.3 is 0 Å². The Morgan fingerprint density at radius 1 is 1.28 bits per heavy atom. The summed E-state index contributed by atoms with van der Waals surface area (Å²) in [6.45, 7) is 2.66. The first-order valence-corrected chi connectivity index (χ1v) is 9.52. The number of amides is 3. The fraction of sp³-hybridized carbons (Fsp3) is 0.833. The summed E-state index contributed by atoms with van der Waals surface area (Å²) in [5.74, 6) is -1.18. The number of nitrogens with zero attached hydrogens (tertiary/aromatic N) is 1. The molecule has 3 fully saturated rings. The Morgan fingerprint density at radius 3 is 2.56 bits per heavy atom. The van der Waals surface area contributed by atoms with Crippen LogP contribution < -0.4 is 10.8 Å². The molecule has 25 heavy (non-hydrogen) atoms. The van der Waals surface area contributed by atoms with Crippen LogP contribution in [0.4, 0.5) is 0 Å². The van der Waals surface area contributed by atoms with E-state index in [4.69, 9.17) is 5.21 Å². The molecule has 2 aliphatic carbocycles. The number of hydroxylamine groups is 1. The molecule has 3 amide bonds. The van der Waals surface area contributed by atoms with Crippen molar-refractivity contribution in [3.63, 3.8) is 0 Å². The average Bonchev–Trinajstić information content (AvgIpc) is 3.50. The molecule has 0 aromatic heterocycles. The highest BCUT2D eigenvalue weighted by molar-refractivity contribution is 5.91. The summed E-state index contributed by atoms with van der Waals surface area (Å²) in [6.07, 6.45) is 7.26. The van der Waals surface area contributed by atoms with Gasteiger partial charge in [0.1, 0.15) is 6.04 Å². The van der Waals surface area contributed by atoms with Gasteiger partial charge in [-0.2, -0.15) is 0 Å². The molecule has 3 N–H and O–H groups in total. The summed E-state index contributed by atoms with van der Waals surface area (Å²) in [5.41, 5.74) is 1.75. The fourth-order valence-corrected chi connectivity index (χ4v) is 3.85. The van der Waals surface area contributed by atoms with E-state index in [0.29, 0.717) is 13.0 Å². The average molecular weight is 351 g/mol. The molecule has 1 heterocycles. The molecule has 0 aromatic rings. The molecule has 1 saturated heterocycles. The largest absolute Gasteiger partial charge is 0.352 e. The van der Waals surface area contributed by atoms with Crippen LogP contribution in [0.5, 0.6) is 0 Å². The van der Waals surface area contributed by atoms with Gasteiger partial charge in [-0.3, -0.25) is 19.6 Å². The Morgan fingerprint density at radius 2 is 2.00 bits per heavy atom. The lowest BCUT2D eigenvalue weighted by Gasteiger charge is -2.28. The quantitative estimate of drug-likeness (QED) is 0.454. The van der Waals surface area contributed by atoms with E-state index in [-0.39, 0.29) is 29.7 Å². The standard InChI is InChI=1S/C18H29N3O4/c1-2-3-4-12(9-15(22)20-25)17(24)21-11-18(7-8-18)10-14(21)16(23)19-13-5-6-13/h12-14,25H,2-11H2,1H3,(H,19,23)(H,20,22)/t12-,14+/m1/s1. The maximum atomic E-state index is 13.1. The minimum atomic E-state index is -0.547. The maximum absolute atomic E-state index is 13.1. The van der Waals surface area contributed by atoms with E-state index in [2.05, 4.69) is 5.32 Å². The Hall–Kier alpha value is -1.63. The van der Waals surface area contributed by atoms with E-state index in [9.17, 15) is 14.4 Å². The lowest BCUT2D eigenvalue weighted by Crippen LogP contribution is -2.48. The highest BCUT2D eigenvalue weighted by Gasteiger charge is 2.56. The van der Waals surface area contributed by atoms with Gasteiger partial charge in [-0.05, 0) is 43.9 Å². The Kier molecular flexibility index (Phi) is 5.32. The van der Waals surface area contributed by atoms with Crippen LogP contribution in [0, 0.1) is 11.3 Å². The Labute approximate surface area is 148 Å². The van der Waals surface area contributed by atoms with Crippen LogP contribution in [-0.4, -0.2) is 46.5 Å². The molecule has 7 heteroatoms. The molecule has 2 saturated carbocycles. The first-order valence-electron chi connectivity index (χ1n) is 9.52. The summed E-state index contributed by atoms with van der Waals surface area (Å²) in [7, 11) is 0. The molecule has 1 spiro atoms. The SMILES string of the molecule is CCCC[C@H](CC(=O)NO)C(=O)N1CC2(CC2)C[C@H]1C(=O)NC1CC1. The predicted molar refractivity (Wildman–Crippen MR) is 90.5 cm³/mol. The molecule has 3 rings (SSSR count). The molecule has 140 valence electrons. The monoisotopic (exact) mass is 351 g/mol. The molecule has 0 bridgehead atoms. The van der Waals surface area contributed by atoms with Crippen LogP contribution in [0.2, 0.25) is 0 Å². The number of hydrogen-bond acceptors (Lipinski definition) is 4. The normalized spacial score (nSPS) is 24.9. The number of unbranched alkanes of at least 4 members (excludes halogenated alkanes) is 1. The van der Waals surface area contributed by atoms with Crippen molar-refractivity contribution in [2.24, 2.45) is 11.3 Å². The number of carbonyl (C=O) groups is 3. The zero-order valence-electron chi connectivity index (χ0n) is 14.9. The van der Waals surface area contributed by atoms with Gasteiger partial charge in [0.15, 0.2) is 0 Å². The second-order valence-electron chi connectivity index (χ2n) is 8.05. The van der Waals surface area contributed by atoms with Crippen molar-refractivity contribution < 1.29 is 19.6 Å². The molecule has 3 aliphatic rings. The van der Waals surface area contributed by atoms with Gasteiger partial charge in [-0.15, -0.1) is 0 Å². The van der Waals surface area contributed by atoms with Gasteiger partial charge < -0.3 is 10.2 Å². The molecule has 1 aliphatic heterocycles. The van der Waals surface area contributed by atoms with Gasteiger partial charge in [0, 0.05) is 24.9 Å². The summed E-state index contributed by atoms with van der Waals surface area (Å²) in [6, 6.07) is -0.131. The van der Waals surface area contributed by atoms with E-state index >= 15 is 0 Å². The lowest BCUT2D eigenvalue weighted by molar-refractivity contribution is -0.144. The molecule has 2 atom stereocenters. The van der Waals surface area contributed by atoms with Gasteiger partial charge in [-0.1, -0.05) is 19.8 Å². The van der Waals surface area contributed by atoms with E-state index in [1.807, 2.05) is 6.92 Å². The van der Waals surface area contributed by atoms with E-state index in [0.717, 1.165) is 44.9 Å². The lowest BCUT2D eigenvalue weighted by atomic mass is 9.96. The van der Waals surface area contributed by atoms with Gasteiger partial charge in [0.25, 0.3) is 0 Å². The smallest absolute Gasteiger partial charge is 0.244 e. The Bertz CT molecular complexity index is 542. The molecule has 0 aromatic carbocycles. The number of nitrogens with one attached hydrogen (secondary N) is 2. The Balaban J connectivity index is 1.70. The van der Waals surface area contributed by atoms with E-state index < -0.39 is 17.9 Å². The van der Waals surface area contributed by atoms with E-state index in [1.165, 1.54) is 0 Å². The first-order chi connectivity index (χ1) is 12.0. The molecule has 0 unspecified atom stereocenters. The minimum absolute atomic E-state index is 0.0319. The van der Waals surface area contributed by atoms with Crippen LogP contribution in [0.3, 0.4) is 0 Å². The molecular formula is C18H29N3O4. The second kappa shape index (κ2) is 7.32. The third-order valence-corrected chi connectivity index (χ3v) is 5.79. The summed E-state index contributed by atoms with van der Waals surface area (Å²) >= 11 is 0. The van der Waals surface area contributed by atoms with E-state index in [1.54, 1.807) is 10.4 Å². The van der Waals surface area contributed by atoms with Crippen LogP contribution in [0.15, 0.2) is 0 Å². The topological polar surface area (TPSA) is 98.7 Å². The van der Waals surface area contributed by atoms with Gasteiger partial charge in [0.2, 0.25) is 17.7 Å². The number of likely N-dealkylation sites (tertiary alicyclic amines) is 1. The number of carbonyl (C=O) groups excluding carboxylic acids is 3. The van der Waals surface area contributed by atoms with Crippen molar-refractivity contribution in [2.75, 3.05) is 6.54 Å². The third-order valence-electron chi connectivity index (χ3n) is 5.79. The minimum Gasteiger partial charge on any atom is -0.352 e. The van der Waals surface area contributed by atoms with Crippen LogP contribution >= 0.6 is 0 Å². The van der Waals surface area contributed by atoms with Crippen molar-refractivity contribution in [2.45, 2.75) is 76.8 Å². The van der Waals surface area contributed by atoms with Crippen molar-refractivity contribution in [1.29, 1.82) is 0 Å². The fourth-order valence-electron chi connectivity index (χ4n) is 3.85. The molecule has 7 nitrogen and oxygen atoms in total. The summed E-state index contributed by atoms with van der Waals surface area (Å²) in [4.78, 5) is 39.1. The highest BCUT2D eigenvalue weighted by atomic mass is 16.5. The van der Waals surface area contributed by atoms with Crippen molar-refractivity contribution >= 4 is 17.7 Å². The zero-order chi connectivity index (χ0) is 18.0. The van der Waals surface area contributed by atoms with Crippen LogP contribution in [0.1, 0.15) is 64.7 Å². The first kappa shape index (κ1) is 18.2. The van der Waals surface area contributed by atoms with Crippen molar-refractivity contribution in [3.8, 4) is 0 Å². The van der Waals surface area contributed by atoms with Crippen LogP contribution in [0.25, 0.3) is 0 Å². The zero-order valence-corrected chi connectivity index (χ0v) is 14.9. The highest BCUT2D eigenvalue weighted by Crippen LogP contribution is 2.55. The van der Waals surface area contributed by atoms with Crippen LogP contribution in [-0.2, 0) is 14.4 Å². The number of hydrogen-bond donors (Lipinski definition) is 3.